The molecular formula is C12H15NO4. The van der Waals surface area contributed by atoms with Crippen LogP contribution >= 0.6 is 0 Å². The largest absolute Gasteiger partial charge is 0.469 e. The fourth-order valence-corrected chi connectivity index (χ4v) is 1.51. The molecule has 2 N–H and O–H groups in total. The first kappa shape index (κ1) is 13.2. The van der Waals surface area contributed by atoms with E-state index in [9.17, 15) is 9.59 Å². The van der Waals surface area contributed by atoms with Crippen molar-refractivity contribution in [2.24, 2.45) is 5.73 Å². The number of nitrogens with two attached hydrogens (primary N) is 1. The molecule has 0 saturated heterocycles. The minimum absolute atomic E-state index is 0.122. The SMILES string of the molecule is COC(=O)c1cccc(C(CN)C(=O)OC)c1. The van der Waals surface area contributed by atoms with Crippen LogP contribution in [0.4, 0.5) is 0 Å². The van der Waals surface area contributed by atoms with Gasteiger partial charge in [-0.05, 0) is 17.7 Å². The number of hydrogen-bond donors (Lipinski definition) is 1. The van der Waals surface area contributed by atoms with Gasteiger partial charge in [0.1, 0.15) is 0 Å². The average Bonchev–Trinajstić information content (AvgIpc) is 2.38. The normalized spacial score (nSPS) is 11.7. The first-order valence-corrected chi connectivity index (χ1v) is 5.10. The van der Waals surface area contributed by atoms with Crippen molar-refractivity contribution in [3.8, 4) is 0 Å². The van der Waals surface area contributed by atoms with E-state index in [4.69, 9.17) is 5.73 Å². The maximum atomic E-state index is 11.5. The average molecular weight is 237 g/mol. The van der Waals surface area contributed by atoms with E-state index < -0.39 is 17.9 Å². The molecule has 5 heteroatoms. The van der Waals surface area contributed by atoms with Crippen LogP contribution < -0.4 is 5.73 Å². The van der Waals surface area contributed by atoms with Gasteiger partial charge in [-0.15, -0.1) is 0 Å². The van der Waals surface area contributed by atoms with Gasteiger partial charge in [0.15, 0.2) is 0 Å². The molecule has 0 saturated carbocycles. The highest BCUT2D eigenvalue weighted by molar-refractivity contribution is 5.90. The number of carbonyl (C=O) groups excluding carboxylic acids is 2. The molecule has 1 atom stereocenters. The van der Waals surface area contributed by atoms with Crippen LogP contribution in [0.25, 0.3) is 0 Å². The highest BCUT2D eigenvalue weighted by Crippen LogP contribution is 2.18. The minimum atomic E-state index is -0.565. The van der Waals surface area contributed by atoms with E-state index in [1.165, 1.54) is 14.2 Å². The molecule has 1 rings (SSSR count). The Labute approximate surface area is 99.5 Å². The molecule has 0 aliphatic carbocycles. The molecule has 17 heavy (non-hydrogen) atoms. The summed E-state index contributed by atoms with van der Waals surface area (Å²) in [6, 6.07) is 6.59. The van der Waals surface area contributed by atoms with Crippen molar-refractivity contribution in [3.63, 3.8) is 0 Å². The Morgan fingerprint density at radius 3 is 2.53 bits per heavy atom. The Morgan fingerprint density at radius 2 is 2.00 bits per heavy atom. The molecule has 0 radical (unpaired) electrons. The van der Waals surface area contributed by atoms with Gasteiger partial charge >= 0.3 is 11.9 Å². The predicted octanol–water partition coefficient (Wildman–Crippen LogP) is 0.689. The third-order valence-electron chi connectivity index (χ3n) is 2.43. The van der Waals surface area contributed by atoms with Crippen molar-refractivity contribution < 1.29 is 19.1 Å². The summed E-state index contributed by atoms with van der Waals surface area (Å²) in [5.41, 5.74) is 6.55. The molecule has 1 aromatic rings. The lowest BCUT2D eigenvalue weighted by Gasteiger charge is -2.13. The van der Waals surface area contributed by atoms with Gasteiger partial charge < -0.3 is 15.2 Å². The standard InChI is InChI=1S/C12H15NO4/c1-16-11(14)9-5-3-4-8(6-9)10(7-13)12(15)17-2/h3-6,10H,7,13H2,1-2H3. The van der Waals surface area contributed by atoms with Crippen molar-refractivity contribution >= 4 is 11.9 Å². The predicted molar refractivity (Wildman–Crippen MR) is 61.6 cm³/mol. The van der Waals surface area contributed by atoms with Gasteiger partial charge in [-0.25, -0.2) is 4.79 Å². The molecular weight excluding hydrogens is 222 g/mol. The van der Waals surface area contributed by atoms with Gasteiger partial charge in [0.05, 0.1) is 25.7 Å². The zero-order valence-corrected chi connectivity index (χ0v) is 9.80. The monoisotopic (exact) mass is 237 g/mol. The number of ether oxygens (including phenoxy) is 2. The summed E-state index contributed by atoms with van der Waals surface area (Å²) in [6.45, 7) is 0.122. The van der Waals surface area contributed by atoms with Crippen molar-refractivity contribution in [1.82, 2.24) is 0 Å². The number of methoxy groups -OCH3 is 2. The molecule has 0 fully saturated rings. The van der Waals surface area contributed by atoms with Crippen LogP contribution in [-0.4, -0.2) is 32.7 Å². The Hall–Kier alpha value is -1.88. The van der Waals surface area contributed by atoms with E-state index in [-0.39, 0.29) is 6.54 Å². The fraction of sp³-hybridized carbons (Fsp3) is 0.333. The van der Waals surface area contributed by atoms with Crippen molar-refractivity contribution in [2.75, 3.05) is 20.8 Å². The van der Waals surface area contributed by atoms with Crippen LogP contribution in [0, 0.1) is 0 Å². The molecule has 1 aromatic carbocycles. The Kier molecular flexibility index (Phi) is 4.66. The molecule has 0 spiro atoms. The van der Waals surface area contributed by atoms with E-state index in [1.54, 1.807) is 24.3 Å². The Morgan fingerprint density at radius 1 is 1.29 bits per heavy atom. The van der Waals surface area contributed by atoms with Crippen LogP contribution in [0.1, 0.15) is 21.8 Å². The highest BCUT2D eigenvalue weighted by atomic mass is 16.5. The van der Waals surface area contributed by atoms with Gasteiger partial charge in [0.25, 0.3) is 0 Å². The van der Waals surface area contributed by atoms with Crippen LogP contribution in [0.2, 0.25) is 0 Å². The molecule has 0 aliphatic heterocycles. The van der Waals surface area contributed by atoms with Gasteiger partial charge in [-0.2, -0.15) is 0 Å². The van der Waals surface area contributed by atoms with E-state index >= 15 is 0 Å². The Balaban J connectivity index is 3.04. The third-order valence-corrected chi connectivity index (χ3v) is 2.43. The quantitative estimate of drug-likeness (QED) is 0.779. The van der Waals surface area contributed by atoms with Crippen LogP contribution in [0.3, 0.4) is 0 Å². The number of benzene rings is 1. The second kappa shape index (κ2) is 6.00. The first-order chi connectivity index (χ1) is 8.13. The van der Waals surface area contributed by atoms with Gasteiger partial charge in [-0.3, -0.25) is 4.79 Å². The summed E-state index contributed by atoms with van der Waals surface area (Å²) in [5, 5.41) is 0. The molecule has 0 aliphatic rings. The van der Waals surface area contributed by atoms with Crippen LogP contribution in [-0.2, 0) is 14.3 Å². The number of rotatable bonds is 4. The zero-order valence-electron chi connectivity index (χ0n) is 9.80. The zero-order chi connectivity index (χ0) is 12.8. The molecule has 92 valence electrons. The van der Waals surface area contributed by atoms with E-state index in [0.717, 1.165) is 0 Å². The van der Waals surface area contributed by atoms with Gasteiger partial charge in [0.2, 0.25) is 0 Å². The smallest absolute Gasteiger partial charge is 0.337 e. The highest BCUT2D eigenvalue weighted by Gasteiger charge is 2.20. The summed E-state index contributed by atoms with van der Waals surface area (Å²) >= 11 is 0. The summed E-state index contributed by atoms with van der Waals surface area (Å²) in [7, 11) is 2.60. The lowest BCUT2D eigenvalue weighted by Crippen LogP contribution is -2.23. The second-order valence-corrected chi connectivity index (χ2v) is 3.43. The third kappa shape index (κ3) is 3.04. The van der Waals surface area contributed by atoms with E-state index in [1.807, 2.05) is 0 Å². The number of esters is 2. The molecule has 0 bridgehead atoms. The molecule has 0 amide bonds. The van der Waals surface area contributed by atoms with Crippen molar-refractivity contribution in [3.05, 3.63) is 35.4 Å². The van der Waals surface area contributed by atoms with E-state index in [0.29, 0.717) is 11.1 Å². The number of carbonyl (C=O) groups is 2. The molecule has 5 nitrogen and oxygen atoms in total. The van der Waals surface area contributed by atoms with Crippen LogP contribution in [0.5, 0.6) is 0 Å². The van der Waals surface area contributed by atoms with E-state index in [2.05, 4.69) is 9.47 Å². The Bertz CT molecular complexity index is 417. The summed E-state index contributed by atoms with van der Waals surface area (Å²) in [4.78, 5) is 22.8. The number of hydrogen-bond acceptors (Lipinski definition) is 5. The molecule has 0 aromatic heterocycles. The lowest BCUT2D eigenvalue weighted by atomic mass is 9.97. The summed E-state index contributed by atoms with van der Waals surface area (Å²) < 4.78 is 9.25. The maximum Gasteiger partial charge on any atom is 0.337 e. The molecule has 1 unspecified atom stereocenters. The minimum Gasteiger partial charge on any atom is -0.469 e. The van der Waals surface area contributed by atoms with Crippen molar-refractivity contribution in [2.45, 2.75) is 5.92 Å². The lowest BCUT2D eigenvalue weighted by molar-refractivity contribution is -0.142. The topological polar surface area (TPSA) is 78.6 Å². The van der Waals surface area contributed by atoms with Crippen LogP contribution in [0.15, 0.2) is 24.3 Å². The van der Waals surface area contributed by atoms with Crippen molar-refractivity contribution in [1.29, 1.82) is 0 Å². The summed E-state index contributed by atoms with van der Waals surface area (Å²) in [6.07, 6.45) is 0. The second-order valence-electron chi connectivity index (χ2n) is 3.43. The summed E-state index contributed by atoms with van der Waals surface area (Å²) in [5.74, 6) is -1.44. The van der Waals surface area contributed by atoms with Gasteiger partial charge in [-0.1, -0.05) is 12.1 Å². The maximum absolute atomic E-state index is 11.5. The fourth-order valence-electron chi connectivity index (χ4n) is 1.51. The first-order valence-electron chi connectivity index (χ1n) is 5.10. The molecule has 0 heterocycles. The van der Waals surface area contributed by atoms with Gasteiger partial charge in [0, 0.05) is 6.54 Å².